The van der Waals surface area contributed by atoms with Crippen molar-refractivity contribution < 1.29 is 4.52 Å². The highest BCUT2D eigenvalue weighted by Gasteiger charge is 2.07. The molecule has 0 amide bonds. The molecule has 2 aromatic rings. The van der Waals surface area contributed by atoms with Crippen molar-refractivity contribution in [1.29, 1.82) is 0 Å². The van der Waals surface area contributed by atoms with Crippen LogP contribution in [-0.2, 0) is 6.42 Å². The molecule has 0 spiro atoms. The van der Waals surface area contributed by atoms with Gasteiger partial charge >= 0.3 is 0 Å². The summed E-state index contributed by atoms with van der Waals surface area (Å²) in [6.45, 7) is 4.34. The first-order valence-electron chi connectivity index (χ1n) is 6.16. The molecule has 0 radical (unpaired) electrons. The molecular weight excluding hydrogens is 198 g/mol. The van der Waals surface area contributed by atoms with Gasteiger partial charge in [-0.2, -0.15) is 0 Å². The van der Waals surface area contributed by atoms with Crippen molar-refractivity contribution in [1.82, 2.24) is 5.16 Å². The molecule has 1 aromatic carbocycles. The Morgan fingerprint density at radius 2 is 2.06 bits per heavy atom. The lowest BCUT2D eigenvalue weighted by atomic mass is 10.1. The molecule has 1 heterocycles. The van der Waals surface area contributed by atoms with Gasteiger partial charge in [0.25, 0.3) is 0 Å². The van der Waals surface area contributed by atoms with Gasteiger partial charge in [0.15, 0.2) is 5.58 Å². The zero-order valence-electron chi connectivity index (χ0n) is 10.1. The molecule has 2 nitrogen and oxygen atoms in total. The van der Waals surface area contributed by atoms with Gasteiger partial charge in [0.2, 0.25) is 0 Å². The minimum absolute atomic E-state index is 0.913. The van der Waals surface area contributed by atoms with Gasteiger partial charge in [-0.05, 0) is 31.9 Å². The summed E-state index contributed by atoms with van der Waals surface area (Å²) in [7, 11) is 0. The molecule has 2 rings (SSSR count). The van der Waals surface area contributed by atoms with E-state index in [1.54, 1.807) is 0 Å². The Kier molecular flexibility index (Phi) is 3.60. The molecular formula is C14H19NO. The van der Waals surface area contributed by atoms with E-state index in [2.05, 4.69) is 31.1 Å². The maximum absolute atomic E-state index is 5.31. The second kappa shape index (κ2) is 5.15. The number of fused-ring (bicyclic) bond motifs is 1. The van der Waals surface area contributed by atoms with E-state index >= 15 is 0 Å². The van der Waals surface area contributed by atoms with Gasteiger partial charge < -0.3 is 4.52 Å². The topological polar surface area (TPSA) is 26.0 Å². The molecule has 0 atom stereocenters. The first-order chi connectivity index (χ1) is 7.81. The number of unbranched alkanes of at least 4 members (excludes halogenated alkanes) is 3. The Labute approximate surface area is 96.6 Å². The summed E-state index contributed by atoms with van der Waals surface area (Å²) in [6, 6.07) is 6.24. The minimum Gasteiger partial charge on any atom is -0.356 e. The van der Waals surface area contributed by atoms with E-state index < -0.39 is 0 Å². The molecule has 0 fully saturated rings. The summed E-state index contributed by atoms with van der Waals surface area (Å²) >= 11 is 0. The number of aryl methyl sites for hydroxylation is 2. The van der Waals surface area contributed by atoms with E-state index in [0.717, 1.165) is 17.7 Å². The highest BCUT2D eigenvalue weighted by molar-refractivity contribution is 5.80. The SMILES string of the molecule is CCCCCCc1noc2ccc(C)cc12. The summed E-state index contributed by atoms with van der Waals surface area (Å²) in [5.41, 5.74) is 3.30. The van der Waals surface area contributed by atoms with E-state index in [4.69, 9.17) is 4.52 Å². The predicted molar refractivity (Wildman–Crippen MR) is 66.6 cm³/mol. The number of hydrogen-bond acceptors (Lipinski definition) is 2. The van der Waals surface area contributed by atoms with Gasteiger partial charge in [0.05, 0.1) is 5.69 Å². The Morgan fingerprint density at radius 3 is 2.88 bits per heavy atom. The van der Waals surface area contributed by atoms with E-state index in [9.17, 15) is 0 Å². The Hall–Kier alpha value is -1.31. The fourth-order valence-corrected chi connectivity index (χ4v) is 2.00. The molecule has 2 heteroatoms. The van der Waals surface area contributed by atoms with Crippen LogP contribution in [0.4, 0.5) is 0 Å². The van der Waals surface area contributed by atoms with Gasteiger partial charge in [-0.1, -0.05) is 43.0 Å². The number of benzene rings is 1. The second-order valence-electron chi connectivity index (χ2n) is 4.44. The number of hydrogen-bond donors (Lipinski definition) is 0. The third-order valence-corrected chi connectivity index (χ3v) is 2.97. The molecule has 0 aliphatic rings. The molecule has 0 aliphatic heterocycles. The first-order valence-corrected chi connectivity index (χ1v) is 6.16. The second-order valence-corrected chi connectivity index (χ2v) is 4.44. The molecule has 0 unspecified atom stereocenters. The fraction of sp³-hybridized carbons (Fsp3) is 0.500. The van der Waals surface area contributed by atoms with Crippen LogP contribution in [0.15, 0.2) is 22.7 Å². The van der Waals surface area contributed by atoms with Crippen molar-refractivity contribution in [3.05, 3.63) is 29.5 Å². The lowest BCUT2D eigenvalue weighted by Gasteiger charge is -1.97. The third kappa shape index (κ3) is 2.43. The number of aromatic nitrogens is 1. The van der Waals surface area contributed by atoms with Crippen molar-refractivity contribution in [3.63, 3.8) is 0 Å². The van der Waals surface area contributed by atoms with Crippen LogP contribution in [0.1, 0.15) is 43.9 Å². The maximum Gasteiger partial charge on any atom is 0.167 e. The maximum atomic E-state index is 5.31. The van der Waals surface area contributed by atoms with Crippen molar-refractivity contribution >= 4 is 11.0 Å². The zero-order valence-corrected chi connectivity index (χ0v) is 10.1. The average Bonchev–Trinajstić information content (AvgIpc) is 2.67. The van der Waals surface area contributed by atoms with Crippen LogP contribution in [0.25, 0.3) is 11.0 Å². The van der Waals surface area contributed by atoms with Crippen molar-refractivity contribution in [2.45, 2.75) is 46.0 Å². The summed E-state index contributed by atoms with van der Waals surface area (Å²) in [5.74, 6) is 0. The molecule has 0 saturated carbocycles. The quantitative estimate of drug-likeness (QED) is 0.699. The first kappa shape index (κ1) is 11.2. The number of rotatable bonds is 5. The largest absolute Gasteiger partial charge is 0.356 e. The van der Waals surface area contributed by atoms with Crippen molar-refractivity contribution in [2.24, 2.45) is 0 Å². The van der Waals surface area contributed by atoms with E-state index in [1.165, 1.54) is 36.6 Å². The lowest BCUT2D eigenvalue weighted by molar-refractivity contribution is 0.444. The van der Waals surface area contributed by atoms with Crippen LogP contribution in [0.3, 0.4) is 0 Å². The smallest absolute Gasteiger partial charge is 0.167 e. The third-order valence-electron chi connectivity index (χ3n) is 2.97. The lowest BCUT2D eigenvalue weighted by Crippen LogP contribution is -1.86. The van der Waals surface area contributed by atoms with Crippen LogP contribution in [0, 0.1) is 6.92 Å². The average molecular weight is 217 g/mol. The normalized spacial score (nSPS) is 11.1. The summed E-state index contributed by atoms with van der Waals surface area (Å²) in [5, 5.41) is 5.35. The molecule has 0 aliphatic carbocycles. The Balaban J connectivity index is 2.09. The van der Waals surface area contributed by atoms with Crippen LogP contribution < -0.4 is 0 Å². The Morgan fingerprint density at radius 1 is 1.19 bits per heavy atom. The predicted octanol–water partition coefficient (Wildman–Crippen LogP) is 4.26. The number of nitrogens with zero attached hydrogens (tertiary/aromatic N) is 1. The van der Waals surface area contributed by atoms with Gasteiger partial charge in [-0.25, -0.2) is 0 Å². The summed E-state index contributed by atoms with van der Waals surface area (Å²) < 4.78 is 5.31. The van der Waals surface area contributed by atoms with Crippen LogP contribution in [-0.4, -0.2) is 5.16 Å². The van der Waals surface area contributed by atoms with E-state index in [-0.39, 0.29) is 0 Å². The Bertz CT molecular complexity index is 459. The van der Waals surface area contributed by atoms with E-state index in [1.807, 2.05) is 6.07 Å². The van der Waals surface area contributed by atoms with Gasteiger partial charge in [0.1, 0.15) is 0 Å². The minimum atomic E-state index is 0.913. The molecule has 1 aromatic heterocycles. The van der Waals surface area contributed by atoms with Gasteiger partial charge in [-0.3, -0.25) is 0 Å². The van der Waals surface area contributed by atoms with Crippen molar-refractivity contribution in [2.75, 3.05) is 0 Å². The highest BCUT2D eigenvalue weighted by Crippen LogP contribution is 2.21. The van der Waals surface area contributed by atoms with Gasteiger partial charge in [-0.15, -0.1) is 0 Å². The molecule has 0 bridgehead atoms. The monoisotopic (exact) mass is 217 g/mol. The molecule has 16 heavy (non-hydrogen) atoms. The zero-order chi connectivity index (χ0) is 11.4. The molecule has 0 N–H and O–H groups in total. The van der Waals surface area contributed by atoms with Crippen LogP contribution in [0.2, 0.25) is 0 Å². The van der Waals surface area contributed by atoms with Crippen LogP contribution >= 0.6 is 0 Å². The van der Waals surface area contributed by atoms with Gasteiger partial charge in [0, 0.05) is 5.39 Å². The molecule has 86 valence electrons. The highest BCUT2D eigenvalue weighted by atomic mass is 16.5. The summed E-state index contributed by atoms with van der Waals surface area (Å²) in [6.07, 6.45) is 6.13. The fourth-order valence-electron chi connectivity index (χ4n) is 2.00. The molecule has 0 saturated heterocycles. The standard InChI is InChI=1S/C14H19NO/c1-3-4-5-6-7-13-12-10-11(2)8-9-14(12)16-15-13/h8-10H,3-7H2,1-2H3. The van der Waals surface area contributed by atoms with Crippen LogP contribution in [0.5, 0.6) is 0 Å². The summed E-state index contributed by atoms with van der Waals surface area (Å²) in [4.78, 5) is 0. The van der Waals surface area contributed by atoms with Crippen molar-refractivity contribution in [3.8, 4) is 0 Å². The van der Waals surface area contributed by atoms with E-state index in [0.29, 0.717) is 0 Å².